The second kappa shape index (κ2) is 4.90. The third-order valence-corrected chi connectivity index (χ3v) is 3.57. The van der Waals surface area contributed by atoms with Crippen LogP contribution < -0.4 is 5.32 Å². The van der Waals surface area contributed by atoms with Crippen LogP contribution >= 0.6 is 0 Å². The first-order valence-corrected chi connectivity index (χ1v) is 6.46. The van der Waals surface area contributed by atoms with Crippen molar-refractivity contribution in [1.82, 2.24) is 20.3 Å². The highest BCUT2D eigenvalue weighted by atomic mass is 15.4. The summed E-state index contributed by atoms with van der Waals surface area (Å²) >= 11 is 0. The number of fused-ring (bicyclic) bond motifs is 1. The topological polar surface area (TPSA) is 42.7 Å². The standard InChI is InChI=1S/C14H18N4/c1-18-10-14(16-17-18)9-15-13-7-6-11-4-2-3-5-12(11)8-13/h2-5,10,13,15H,6-9H2,1H3. The van der Waals surface area contributed by atoms with Crippen LogP contribution in [-0.2, 0) is 26.4 Å². The Morgan fingerprint density at radius 3 is 2.94 bits per heavy atom. The third kappa shape index (κ3) is 2.43. The number of nitrogens with zero attached hydrogens (tertiary/aromatic N) is 3. The van der Waals surface area contributed by atoms with E-state index in [9.17, 15) is 0 Å². The largest absolute Gasteiger partial charge is 0.308 e. The summed E-state index contributed by atoms with van der Waals surface area (Å²) in [7, 11) is 1.90. The lowest BCUT2D eigenvalue weighted by molar-refractivity contribution is 0.454. The van der Waals surface area contributed by atoms with E-state index in [0.29, 0.717) is 6.04 Å². The molecule has 0 amide bonds. The minimum absolute atomic E-state index is 0.557. The van der Waals surface area contributed by atoms with Gasteiger partial charge in [-0.1, -0.05) is 29.5 Å². The zero-order chi connectivity index (χ0) is 12.4. The highest BCUT2D eigenvalue weighted by Crippen LogP contribution is 2.21. The van der Waals surface area contributed by atoms with Crippen LogP contribution in [0.5, 0.6) is 0 Å². The zero-order valence-electron chi connectivity index (χ0n) is 10.6. The maximum atomic E-state index is 4.09. The van der Waals surface area contributed by atoms with E-state index < -0.39 is 0 Å². The molecule has 4 heteroatoms. The molecular formula is C14H18N4. The normalized spacial score (nSPS) is 18.6. The second-order valence-electron chi connectivity index (χ2n) is 4.97. The Morgan fingerprint density at radius 1 is 1.33 bits per heavy atom. The summed E-state index contributed by atoms with van der Waals surface area (Å²) in [6.45, 7) is 0.806. The van der Waals surface area contributed by atoms with E-state index >= 15 is 0 Å². The maximum absolute atomic E-state index is 4.09. The fourth-order valence-electron chi connectivity index (χ4n) is 2.60. The van der Waals surface area contributed by atoms with E-state index in [0.717, 1.165) is 18.7 Å². The molecule has 2 aromatic rings. The van der Waals surface area contributed by atoms with Crippen molar-refractivity contribution in [3.8, 4) is 0 Å². The lowest BCUT2D eigenvalue weighted by Crippen LogP contribution is -2.34. The molecule has 1 aliphatic rings. The first kappa shape index (κ1) is 11.4. The van der Waals surface area contributed by atoms with Crippen LogP contribution in [-0.4, -0.2) is 21.0 Å². The summed E-state index contributed by atoms with van der Waals surface area (Å²) in [5.41, 5.74) is 4.01. The molecule has 0 aliphatic heterocycles. The molecule has 3 rings (SSSR count). The zero-order valence-corrected chi connectivity index (χ0v) is 10.6. The van der Waals surface area contributed by atoms with Crippen LogP contribution in [0, 0.1) is 0 Å². The number of nitrogens with one attached hydrogen (secondary N) is 1. The van der Waals surface area contributed by atoms with Gasteiger partial charge in [0.1, 0.15) is 0 Å². The second-order valence-corrected chi connectivity index (χ2v) is 4.97. The van der Waals surface area contributed by atoms with Crippen molar-refractivity contribution in [2.45, 2.75) is 31.8 Å². The van der Waals surface area contributed by atoms with Crippen LogP contribution in [0.4, 0.5) is 0 Å². The van der Waals surface area contributed by atoms with Crippen molar-refractivity contribution < 1.29 is 0 Å². The Kier molecular flexibility index (Phi) is 3.11. The first-order valence-electron chi connectivity index (χ1n) is 6.46. The van der Waals surface area contributed by atoms with E-state index in [-0.39, 0.29) is 0 Å². The predicted molar refractivity (Wildman–Crippen MR) is 70.1 cm³/mol. The molecule has 0 saturated heterocycles. The van der Waals surface area contributed by atoms with Crippen molar-refractivity contribution in [3.05, 3.63) is 47.3 Å². The van der Waals surface area contributed by atoms with E-state index in [1.165, 1.54) is 24.0 Å². The molecule has 1 N–H and O–H groups in total. The summed E-state index contributed by atoms with van der Waals surface area (Å²) in [6, 6.07) is 9.30. The lowest BCUT2D eigenvalue weighted by atomic mass is 9.88. The van der Waals surface area contributed by atoms with Gasteiger partial charge in [0.05, 0.1) is 5.69 Å². The van der Waals surface area contributed by atoms with Gasteiger partial charge in [0.15, 0.2) is 0 Å². The van der Waals surface area contributed by atoms with Gasteiger partial charge in [-0.3, -0.25) is 4.68 Å². The molecule has 1 heterocycles. The molecule has 0 fully saturated rings. The minimum atomic E-state index is 0.557. The fraction of sp³-hybridized carbons (Fsp3) is 0.429. The van der Waals surface area contributed by atoms with Gasteiger partial charge in [-0.2, -0.15) is 0 Å². The lowest BCUT2D eigenvalue weighted by Gasteiger charge is -2.25. The number of rotatable bonds is 3. The number of hydrogen-bond acceptors (Lipinski definition) is 3. The quantitative estimate of drug-likeness (QED) is 0.886. The molecule has 0 bridgehead atoms. The molecule has 1 aliphatic carbocycles. The van der Waals surface area contributed by atoms with E-state index in [1.54, 1.807) is 4.68 Å². The summed E-state index contributed by atoms with van der Waals surface area (Å²) in [4.78, 5) is 0. The van der Waals surface area contributed by atoms with E-state index in [2.05, 4.69) is 39.9 Å². The van der Waals surface area contributed by atoms with Gasteiger partial charge in [0.25, 0.3) is 0 Å². The Balaban J connectivity index is 1.59. The molecular weight excluding hydrogens is 224 g/mol. The molecule has 1 aromatic heterocycles. The maximum Gasteiger partial charge on any atom is 0.0964 e. The fourth-order valence-corrected chi connectivity index (χ4v) is 2.60. The van der Waals surface area contributed by atoms with Gasteiger partial charge in [-0.05, 0) is 30.4 Å². The molecule has 4 nitrogen and oxygen atoms in total. The van der Waals surface area contributed by atoms with Gasteiger partial charge in [-0.15, -0.1) is 5.10 Å². The van der Waals surface area contributed by atoms with Gasteiger partial charge in [0.2, 0.25) is 0 Å². The summed E-state index contributed by atoms with van der Waals surface area (Å²) in [6.07, 6.45) is 5.46. The Hall–Kier alpha value is -1.68. The molecule has 1 unspecified atom stereocenters. The van der Waals surface area contributed by atoms with Gasteiger partial charge >= 0.3 is 0 Å². The van der Waals surface area contributed by atoms with Gasteiger partial charge < -0.3 is 5.32 Å². The number of benzene rings is 1. The van der Waals surface area contributed by atoms with Crippen molar-refractivity contribution in [3.63, 3.8) is 0 Å². The number of hydrogen-bond donors (Lipinski definition) is 1. The number of aryl methyl sites for hydroxylation is 2. The van der Waals surface area contributed by atoms with Crippen LogP contribution in [0.2, 0.25) is 0 Å². The Labute approximate surface area is 107 Å². The van der Waals surface area contributed by atoms with Crippen molar-refractivity contribution >= 4 is 0 Å². The van der Waals surface area contributed by atoms with Crippen LogP contribution in [0.1, 0.15) is 23.2 Å². The molecule has 18 heavy (non-hydrogen) atoms. The van der Waals surface area contributed by atoms with Crippen molar-refractivity contribution in [2.75, 3.05) is 0 Å². The molecule has 94 valence electrons. The summed E-state index contributed by atoms with van der Waals surface area (Å²) in [5, 5.41) is 11.6. The first-order chi connectivity index (χ1) is 8.81. The molecule has 0 saturated carbocycles. The summed E-state index contributed by atoms with van der Waals surface area (Å²) in [5.74, 6) is 0. The third-order valence-electron chi connectivity index (χ3n) is 3.57. The SMILES string of the molecule is Cn1cc(CNC2CCc3ccccc3C2)nn1. The summed E-state index contributed by atoms with van der Waals surface area (Å²) < 4.78 is 1.74. The molecule has 1 atom stereocenters. The minimum Gasteiger partial charge on any atom is -0.308 e. The molecule has 1 aromatic carbocycles. The van der Waals surface area contributed by atoms with Gasteiger partial charge in [0, 0.05) is 25.8 Å². The monoisotopic (exact) mass is 242 g/mol. The van der Waals surface area contributed by atoms with Crippen molar-refractivity contribution in [1.29, 1.82) is 0 Å². The molecule has 0 radical (unpaired) electrons. The van der Waals surface area contributed by atoms with Crippen LogP contribution in [0.15, 0.2) is 30.5 Å². The number of aromatic nitrogens is 3. The van der Waals surface area contributed by atoms with E-state index in [4.69, 9.17) is 0 Å². The predicted octanol–water partition coefficient (Wildman–Crippen LogP) is 1.46. The van der Waals surface area contributed by atoms with Crippen LogP contribution in [0.25, 0.3) is 0 Å². The van der Waals surface area contributed by atoms with Gasteiger partial charge in [-0.25, -0.2) is 0 Å². The average molecular weight is 242 g/mol. The van der Waals surface area contributed by atoms with Crippen LogP contribution in [0.3, 0.4) is 0 Å². The highest BCUT2D eigenvalue weighted by Gasteiger charge is 2.17. The Bertz CT molecular complexity index is 532. The Morgan fingerprint density at radius 2 is 2.17 bits per heavy atom. The van der Waals surface area contributed by atoms with Crippen molar-refractivity contribution in [2.24, 2.45) is 7.05 Å². The molecule has 0 spiro atoms. The highest BCUT2D eigenvalue weighted by molar-refractivity contribution is 5.30. The smallest absolute Gasteiger partial charge is 0.0964 e. The van der Waals surface area contributed by atoms with E-state index in [1.807, 2.05) is 13.2 Å². The average Bonchev–Trinajstić information content (AvgIpc) is 2.82.